The summed E-state index contributed by atoms with van der Waals surface area (Å²) in [5.41, 5.74) is -1.21. The molecule has 2 aromatic rings. The average Bonchev–Trinajstić information content (AvgIpc) is 2.54. The maximum Gasteiger partial charge on any atom is 0.417 e. The Morgan fingerprint density at radius 1 is 1.04 bits per heavy atom. The molecule has 1 N–H and O–H groups in total. The molecule has 0 spiro atoms. The number of para-hydroxylation sites is 1. The molecule has 0 radical (unpaired) electrons. The van der Waals surface area contributed by atoms with Gasteiger partial charge in [0.05, 0.1) is 16.8 Å². The summed E-state index contributed by atoms with van der Waals surface area (Å²) >= 11 is 2.01. The van der Waals surface area contributed by atoms with Gasteiger partial charge in [-0.05, 0) is 46.9 Å². The molecule has 0 bridgehead atoms. The lowest BCUT2D eigenvalue weighted by Crippen LogP contribution is -2.22. The molecule has 0 unspecified atom stereocenters. The lowest BCUT2D eigenvalue weighted by molar-refractivity contribution is -0.138. The maximum atomic E-state index is 12.9. The zero-order valence-electron chi connectivity index (χ0n) is 12.1. The van der Waals surface area contributed by atoms with Crippen LogP contribution in [0.3, 0.4) is 0 Å². The Morgan fingerprint density at radius 2 is 1.67 bits per heavy atom. The first-order valence-corrected chi connectivity index (χ1v) is 7.74. The van der Waals surface area contributed by atoms with Crippen LogP contribution >= 0.6 is 22.6 Å². The zero-order chi connectivity index (χ0) is 17.7. The number of anilines is 1. The number of nitrogens with one attached hydrogen (secondary N) is 1. The standard InChI is InChI=1S/C16H11F3INO3/c17-16(18,19)11-6-2-1-5-10(11)15(23)24-9-14(22)21-13-8-4-3-7-12(13)20/h1-8H,9H2,(H,21,22). The molecule has 0 saturated heterocycles. The second-order valence-corrected chi connectivity index (χ2v) is 5.81. The molecule has 0 fully saturated rings. The van der Waals surface area contributed by atoms with Crippen LogP contribution in [0.1, 0.15) is 15.9 Å². The van der Waals surface area contributed by atoms with Crippen molar-refractivity contribution < 1.29 is 27.5 Å². The Bertz CT molecular complexity index is 762. The van der Waals surface area contributed by atoms with E-state index in [0.717, 1.165) is 15.7 Å². The number of esters is 1. The molecule has 0 heterocycles. The van der Waals surface area contributed by atoms with Gasteiger partial charge in [-0.1, -0.05) is 24.3 Å². The van der Waals surface area contributed by atoms with E-state index >= 15 is 0 Å². The first-order chi connectivity index (χ1) is 11.3. The molecule has 4 nitrogen and oxygen atoms in total. The van der Waals surface area contributed by atoms with Gasteiger partial charge in [0.2, 0.25) is 0 Å². The fraction of sp³-hybridized carbons (Fsp3) is 0.125. The van der Waals surface area contributed by atoms with Crippen molar-refractivity contribution in [2.45, 2.75) is 6.18 Å². The molecule has 2 aromatic carbocycles. The van der Waals surface area contributed by atoms with Crippen LogP contribution in [0.25, 0.3) is 0 Å². The quantitative estimate of drug-likeness (QED) is 0.565. The van der Waals surface area contributed by atoms with E-state index in [-0.39, 0.29) is 0 Å². The van der Waals surface area contributed by atoms with Crippen LogP contribution in [0.2, 0.25) is 0 Å². The second-order valence-electron chi connectivity index (χ2n) is 4.65. The molecule has 0 atom stereocenters. The van der Waals surface area contributed by atoms with Crippen molar-refractivity contribution in [1.29, 1.82) is 0 Å². The van der Waals surface area contributed by atoms with Crippen LogP contribution in [-0.2, 0) is 15.7 Å². The van der Waals surface area contributed by atoms with Crippen LogP contribution in [0.4, 0.5) is 18.9 Å². The van der Waals surface area contributed by atoms with Crippen LogP contribution in [-0.4, -0.2) is 18.5 Å². The third-order valence-electron chi connectivity index (χ3n) is 2.93. The molecule has 0 saturated carbocycles. The van der Waals surface area contributed by atoms with Gasteiger partial charge in [-0.3, -0.25) is 4.79 Å². The molecular formula is C16H11F3INO3. The number of amides is 1. The van der Waals surface area contributed by atoms with E-state index in [2.05, 4.69) is 10.1 Å². The van der Waals surface area contributed by atoms with Gasteiger partial charge in [0.15, 0.2) is 6.61 Å². The number of hydrogen-bond acceptors (Lipinski definition) is 3. The smallest absolute Gasteiger partial charge is 0.417 e. The summed E-state index contributed by atoms with van der Waals surface area (Å²) in [6.45, 7) is -0.685. The summed E-state index contributed by atoms with van der Waals surface area (Å²) in [7, 11) is 0. The highest BCUT2D eigenvalue weighted by molar-refractivity contribution is 14.1. The lowest BCUT2D eigenvalue weighted by Gasteiger charge is -2.12. The van der Waals surface area contributed by atoms with Crippen LogP contribution in [0, 0.1) is 3.57 Å². The minimum atomic E-state index is -4.68. The summed E-state index contributed by atoms with van der Waals surface area (Å²) in [6, 6.07) is 11.2. The average molecular weight is 449 g/mol. The van der Waals surface area contributed by atoms with Gasteiger partial charge in [-0.15, -0.1) is 0 Å². The van der Waals surface area contributed by atoms with E-state index in [4.69, 9.17) is 0 Å². The van der Waals surface area contributed by atoms with Crippen molar-refractivity contribution >= 4 is 40.2 Å². The third-order valence-corrected chi connectivity index (χ3v) is 3.88. The van der Waals surface area contributed by atoms with Crippen molar-refractivity contribution in [1.82, 2.24) is 0 Å². The zero-order valence-corrected chi connectivity index (χ0v) is 14.2. The summed E-state index contributed by atoms with van der Waals surface area (Å²) in [6.07, 6.45) is -4.68. The topological polar surface area (TPSA) is 55.4 Å². The maximum absolute atomic E-state index is 12.9. The third kappa shape index (κ3) is 4.70. The number of ether oxygens (including phenoxy) is 1. The number of alkyl halides is 3. The molecular weight excluding hydrogens is 438 g/mol. The highest BCUT2D eigenvalue weighted by Gasteiger charge is 2.35. The predicted octanol–water partition coefficient (Wildman–Crippen LogP) is 4.11. The molecule has 0 aliphatic rings. The molecule has 0 aliphatic heterocycles. The first kappa shape index (κ1) is 18.2. The van der Waals surface area contributed by atoms with E-state index in [0.29, 0.717) is 5.69 Å². The van der Waals surface area contributed by atoms with Gasteiger partial charge in [0, 0.05) is 3.57 Å². The minimum Gasteiger partial charge on any atom is -0.452 e. The van der Waals surface area contributed by atoms with Gasteiger partial charge >= 0.3 is 12.1 Å². The molecule has 1 amide bonds. The molecule has 0 aromatic heterocycles. The first-order valence-electron chi connectivity index (χ1n) is 6.67. The summed E-state index contributed by atoms with van der Waals surface area (Å²) in [4.78, 5) is 23.6. The van der Waals surface area contributed by atoms with Crippen LogP contribution < -0.4 is 5.32 Å². The number of hydrogen-bond donors (Lipinski definition) is 1. The monoisotopic (exact) mass is 449 g/mol. The molecule has 126 valence electrons. The molecule has 8 heteroatoms. The van der Waals surface area contributed by atoms with Gasteiger partial charge < -0.3 is 10.1 Å². The fourth-order valence-corrected chi connectivity index (χ4v) is 2.39. The lowest BCUT2D eigenvalue weighted by atomic mass is 10.1. The Hall–Kier alpha value is -2.10. The Morgan fingerprint density at radius 3 is 2.33 bits per heavy atom. The van der Waals surface area contributed by atoms with Crippen molar-refractivity contribution in [3.05, 3.63) is 63.2 Å². The number of benzene rings is 2. The second kappa shape index (κ2) is 7.65. The van der Waals surface area contributed by atoms with Gasteiger partial charge in [0.25, 0.3) is 5.91 Å². The molecule has 0 aliphatic carbocycles. The summed E-state index contributed by atoms with van der Waals surface area (Å²) in [5.74, 6) is -1.85. The number of carbonyl (C=O) groups excluding carboxylic acids is 2. The number of carbonyl (C=O) groups is 2. The summed E-state index contributed by atoms with van der Waals surface area (Å²) in [5, 5.41) is 2.52. The number of rotatable bonds is 4. The van der Waals surface area contributed by atoms with E-state index in [9.17, 15) is 22.8 Å². The van der Waals surface area contributed by atoms with Crippen LogP contribution in [0.15, 0.2) is 48.5 Å². The van der Waals surface area contributed by atoms with E-state index in [1.165, 1.54) is 12.1 Å². The largest absolute Gasteiger partial charge is 0.452 e. The Kier molecular flexibility index (Phi) is 5.81. The Balaban J connectivity index is 2.01. The van der Waals surface area contributed by atoms with E-state index in [1.54, 1.807) is 24.3 Å². The minimum absolute atomic E-state index is 0.523. The highest BCUT2D eigenvalue weighted by atomic mass is 127. The Labute approximate surface area is 149 Å². The SMILES string of the molecule is O=C(COC(=O)c1ccccc1C(F)(F)F)Nc1ccccc1I. The van der Waals surface area contributed by atoms with Crippen molar-refractivity contribution in [2.75, 3.05) is 11.9 Å². The van der Waals surface area contributed by atoms with Gasteiger partial charge in [-0.2, -0.15) is 13.2 Å². The predicted molar refractivity (Wildman–Crippen MR) is 89.5 cm³/mol. The molecule has 2 rings (SSSR count). The fourth-order valence-electron chi connectivity index (χ4n) is 1.87. The van der Waals surface area contributed by atoms with Crippen LogP contribution in [0.5, 0.6) is 0 Å². The van der Waals surface area contributed by atoms with E-state index < -0.39 is 35.8 Å². The van der Waals surface area contributed by atoms with Crippen molar-refractivity contribution in [2.24, 2.45) is 0 Å². The number of halogens is 4. The van der Waals surface area contributed by atoms with Gasteiger partial charge in [0.1, 0.15) is 0 Å². The normalized spacial score (nSPS) is 11.0. The van der Waals surface area contributed by atoms with Crippen molar-refractivity contribution in [3.63, 3.8) is 0 Å². The van der Waals surface area contributed by atoms with Crippen molar-refractivity contribution in [3.8, 4) is 0 Å². The molecule has 24 heavy (non-hydrogen) atoms. The van der Waals surface area contributed by atoms with E-state index in [1.807, 2.05) is 22.6 Å². The van der Waals surface area contributed by atoms with Gasteiger partial charge in [-0.25, -0.2) is 4.79 Å². The summed E-state index contributed by atoms with van der Waals surface area (Å²) < 4.78 is 44.0. The highest BCUT2D eigenvalue weighted by Crippen LogP contribution is 2.32.